The summed E-state index contributed by atoms with van der Waals surface area (Å²) in [5.41, 5.74) is 0.967. The molecule has 4 nitrogen and oxygen atoms in total. The van der Waals surface area contributed by atoms with Crippen molar-refractivity contribution in [1.82, 2.24) is 10.2 Å². The van der Waals surface area contributed by atoms with Crippen molar-refractivity contribution < 1.29 is 9.90 Å². The fourth-order valence-corrected chi connectivity index (χ4v) is 2.29. The maximum atomic E-state index is 12.0. The summed E-state index contributed by atoms with van der Waals surface area (Å²) >= 11 is 3.36. The van der Waals surface area contributed by atoms with Crippen molar-refractivity contribution in [2.45, 2.75) is 12.5 Å². The maximum Gasteiger partial charge on any atom is 0.251 e. The van der Waals surface area contributed by atoms with Crippen LogP contribution >= 0.6 is 15.9 Å². The van der Waals surface area contributed by atoms with Crippen LogP contribution in [0.5, 0.6) is 0 Å². The van der Waals surface area contributed by atoms with Gasteiger partial charge in [-0.1, -0.05) is 28.1 Å². The first kappa shape index (κ1) is 13.5. The van der Waals surface area contributed by atoms with E-state index >= 15 is 0 Å². The summed E-state index contributed by atoms with van der Waals surface area (Å²) in [6, 6.07) is 7.66. The van der Waals surface area contributed by atoms with Gasteiger partial charge in [-0.25, -0.2) is 0 Å². The molecule has 1 unspecified atom stereocenters. The van der Waals surface area contributed by atoms with Crippen LogP contribution in [0.1, 0.15) is 5.56 Å². The lowest BCUT2D eigenvalue weighted by molar-refractivity contribution is -0.140. The van der Waals surface area contributed by atoms with Gasteiger partial charge in [0, 0.05) is 37.1 Å². The number of piperazine rings is 1. The van der Waals surface area contributed by atoms with Gasteiger partial charge in [-0.05, 0) is 17.7 Å². The van der Waals surface area contributed by atoms with Crippen molar-refractivity contribution in [3.05, 3.63) is 34.3 Å². The first-order valence-corrected chi connectivity index (χ1v) is 6.88. The molecule has 1 aromatic carbocycles. The number of aliphatic hydroxyl groups excluding tert-OH is 1. The Morgan fingerprint density at radius 1 is 1.33 bits per heavy atom. The Hall–Kier alpha value is -0.910. The topological polar surface area (TPSA) is 52.6 Å². The predicted molar refractivity (Wildman–Crippen MR) is 73.3 cm³/mol. The standard InChI is InChI=1S/C13H17BrN2O2/c14-11-3-1-10(2-4-11)9-12(17)13(18)16-7-5-15-6-8-16/h1-4,12,15,17H,5-9H2. The summed E-state index contributed by atoms with van der Waals surface area (Å²) in [4.78, 5) is 13.7. The lowest BCUT2D eigenvalue weighted by Crippen LogP contribution is -2.50. The van der Waals surface area contributed by atoms with Gasteiger partial charge in [-0.2, -0.15) is 0 Å². The molecule has 1 heterocycles. The normalized spacial score (nSPS) is 17.6. The van der Waals surface area contributed by atoms with Crippen LogP contribution in [-0.4, -0.2) is 48.2 Å². The second-order valence-electron chi connectivity index (χ2n) is 4.42. The second kappa shape index (κ2) is 6.31. The van der Waals surface area contributed by atoms with Gasteiger partial charge in [0.2, 0.25) is 0 Å². The predicted octanol–water partition coefficient (Wildman–Crippen LogP) is 0.784. The first-order valence-electron chi connectivity index (χ1n) is 6.09. The van der Waals surface area contributed by atoms with Gasteiger partial charge in [-0.15, -0.1) is 0 Å². The minimum Gasteiger partial charge on any atom is -0.383 e. The Morgan fingerprint density at radius 2 is 1.94 bits per heavy atom. The van der Waals surface area contributed by atoms with Crippen LogP contribution in [-0.2, 0) is 11.2 Å². The molecule has 0 bridgehead atoms. The number of nitrogens with zero attached hydrogens (tertiary/aromatic N) is 1. The molecule has 0 spiro atoms. The first-order chi connectivity index (χ1) is 8.66. The summed E-state index contributed by atoms with van der Waals surface area (Å²) in [6.45, 7) is 2.96. The second-order valence-corrected chi connectivity index (χ2v) is 5.34. The number of amides is 1. The van der Waals surface area contributed by atoms with Crippen LogP contribution in [0.25, 0.3) is 0 Å². The van der Waals surface area contributed by atoms with Crippen molar-refractivity contribution in [2.75, 3.05) is 26.2 Å². The molecule has 5 heteroatoms. The quantitative estimate of drug-likeness (QED) is 0.867. The molecule has 2 rings (SSSR count). The summed E-state index contributed by atoms with van der Waals surface area (Å²) in [7, 11) is 0. The van der Waals surface area contributed by atoms with Crippen LogP contribution in [0.15, 0.2) is 28.7 Å². The highest BCUT2D eigenvalue weighted by Crippen LogP contribution is 2.12. The van der Waals surface area contributed by atoms with Crippen LogP contribution < -0.4 is 5.32 Å². The van der Waals surface area contributed by atoms with Gasteiger partial charge < -0.3 is 15.3 Å². The number of hydrogen-bond donors (Lipinski definition) is 2. The highest BCUT2D eigenvalue weighted by Gasteiger charge is 2.23. The number of nitrogens with one attached hydrogen (secondary N) is 1. The lowest BCUT2D eigenvalue weighted by atomic mass is 10.1. The molecule has 1 aliphatic rings. The smallest absolute Gasteiger partial charge is 0.251 e. The SMILES string of the molecule is O=C(C(O)Cc1ccc(Br)cc1)N1CCNCC1. The molecule has 18 heavy (non-hydrogen) atoms. The van der Waals surface area contributed by atoms with Gasteiger partial charge in [0.1, 0.15) is 6.10 Å². The number of carbonyl (C=O) groups is 1. The zero-order chi connectivity index (χ0) is 13.0. The third-order valence-electron chi connectivity index (χ3n) is 3.06. The highest BCUT2D eigenvalue weighted by molar-refractivity contribution is 9.10. The van der Waals surface area contributed by atoms with E-state index in [1.54, 1.807) is 4.90 Å². The summed E-state index contributed by atoms with van der Waals surface area (Å²) in [5, 5.41) is 13.2. The molecule has 1 amide bonds. The Morgan fingerprint density at radius 3 is 2.56 bits per heavy atom. The highest BCUT2D eigenvalue weighted by atomic mass is 79.9. The Kier molecular flexibility index (Phi) is 4.74. The minimum atomic E-state index is -0.940. The third kappa shape index (κ3) is 3.54. The van der Waals surface area contributed by atoms with Crippen LogP contribution in [0.2, 0.25) is 0 Å². The van der Waals surface area contributed by atoms with Gasteiger partial charge in [0.15, 0.2) is 0 Å². The number of hydrogen-bond acceptors (Lipinski definition) is 3. The fraction of sp³-hybridized carbons (Fsp3) is 0.462. The van der Waals surface area contributed by atoms with E-state index in [1.165, 1.54) is 0 Å². The van der Waals surface area contributed by atoms with Crippen LogP contribution in [0, 0.1) is 0 Å². The monoisotopic (exact) mass is 312 g/mol. The van der Waals surface area contributed by atoms with Crippen molar-refractivity contribution in [2.24, 2.45) is 0 Å². The van der Waals surface area contributed by atoms with Crippen molar-refractivity contribution >= 4 is 21.8 Å². The van der Waals surface area contributed by atoms with E-state index in [1.807, 2.05) is 24.3 Å². The fourth-order valence-electron chi connectivity index (χ4n) is 2.03. The van der Waals surface area contributed by atoms with Gasteiger partial charge in [0.05, 0.1) is 0 Å². The molecule has 0 aliphatic carbocycles. The molecular weight excluding hydrogens is 296 g/mol. The van der Waals surface area contributed by atoms with Crippen LogP contribution in [0.3, 0.4) is 0 Å². The summed E-state index contributed by atoms with van der Waals surface area (Å²) in [5.74, 6) is -0.167. The Labute approximate surface area is 115 Å². The van der Waals surface area contributed by atoms with E-state index in [2.05, 4.69) is 21.2 Å². The van der Waals surface area contributed by atoms with Crippen molar-refractivity contribution in [1.29, 1.82) is 0 Å². The molecule has 1 atom stereocenters. The van der Waals surface area contributed by atoms with E-state index in [0.29, 0.717) is 19.5 Å². The molecule has 0 saturated carbocycles. The average molecular weight is 313 g/mol. The van der Waals surface area contributed by atoms with E-state index in [4.69, 9.17) is 0 Å². The molecular formula is C13H17BrN2O2. The Balaban J connectivity index is 1.92. The van der Waals surface area contributed by atoms with Gasteiger partial charge >= 0.3 is 0 Å². The zero-order valence-corrected chi connectivity index (χ0v) is 11.7. The van der Waals surface area contributed by atoms with E-state index in [9.17, 15) is 9.90 Å². The summed E-state index contributed by atoms with van der Waals surface area (Å²) < 4.78 is 0.995. The molecule has 0 aromatic heterocycles. The molecule has 98 valence electrons. The van der Waals surface area contributed by atoms with Crippen molar-refractivity contribution in [3.8, 4) is 0 Å². The van der Waals surface area contributed by atoms with E-state index in [-0.39, 0.29) is 5.91 Å². The third-order valence-corrected chi connectivity index (χ3v) is 3.58. The molecule has 2 N–H and O–H groups in total. The van der Waals surface area contributed by atoms with Crippen LogP contribution in [0.4, 0.5) is 0 Å². The lowest BCUT2D eigenvalue weighted by Gasteiger charge is -2.29. The average Bonchev–Trinajstić information content (AvgIpc) is 2.41. The van der Waals surface area contributed by atoms with E-state index in [0.717, 1.165) is 23.1 Å². The molecule has 1 saturated heterocycles. The molecule has 1 aliphatic heterocycles. The molecule has 1 aromatic rings. The number of carbonyl (C=O) groups excluding carboxylic acids is 1. The largest absolute Gasteiger partial charge is 0.383 e. The summed E-state index contributed by atoms with van der Waals surface area (Å²) in [6.07, 6.45) is -0.569. The number of benzene rings is 1. The molecule has 0 radical (unpaired) electrons. The van der Waals surface area contributed by atoms with Gasteiger partial charge in [0.25, 0.3) is 5.91 Å². The number of aliphatic hydroxyl groups is 1. The van der Waals surface area contributed by atoms with Crippen molar-refractivity contribution in [3.63, 3.8) is 0 Å². The number of halogens is 1. The zero-order valence-electron chi connectivity index (χ0n) is 10.1. The number of rotatable bonds is 3. The molecule has 1 fully saturated rings. The van der Waals surface area contributed by atoms with Gasteiger partial charge in [-0.3, -0.25) is 4.79 Å². The van der Waals surface area contributed by atoms with E-state index < -0.39 is 6.10 Å². The maximum absolute atomic E-state index is 12.0. The minimum absolute atomic E-state index is 0.167. The Bertz CT molecular complexity index is 402.